The van der Waals surface area contributed by atoms with E-state index in [2.05, 4.69) is 5.32 Å². The van der Waals surface area contributed by atoms with Crippen LogP contribution in [0.4, 0.5) is 5.69 Å². The molecule has 0 aromatic heterocycles. The highest BCUT2D eigenvalue weighted by atomic mass is 32.2. The van der Waals surface area contributed by atoms with Crippen molar-refractivity contribution in [2.45, 2.75) is 83.3 Å². The topological polar surface area (TPSA) is 86.8 Å². The Morgan fingerprint density at radius 1 is 0.854 bits per heavy atom. The van der Waals surface area contributed by atoms with E-state index in [1.165, 1.54) is 15.6 Å². The first kappa shape index (κ1) is 30.3. The number of aryl methyl sites for hydroxylation is 3. The normalized spacial score (nSPS) is 14.7. The maximum absolute atomic E-state index is 14.1. The van der Waals surface area contributed by atoms with Gasteiger partial charge in [-0.2, -0.15) is 0 Å². The number of nitrogens with zero attached hydrogens (tertiary/aromatic N) is 2. The molecule has 0 radical (unpaired) electrons. The molecule has 0 saturated heterocycles. The highest BCUT2D eigenvalue weighted by Crippen LogP contribution is 2.28. The smallest absolute Gasteiger partial charge is 0.264 e. The maximum atomic E-state index is 14.1. The van der Waals surface area contributed by atoms with Crippen LogP contribution >= 0.6 is 0 Å². The Balaban J connectivity index is 1.68. The van der Waals surface area contributed by atoms with E-state index in [0.29, 0.717) is 5.69 Å². The van der Waals surface area contributed by atoms with Gasteiger partial charge in [-0.05, 0) is 69.9 Å². The van der Waals surface area contributed by atoms with Crippen molar-refractivity contribution in [3.05, 3.63) is 95.1 Å². The third-order valence-electron chi connectivity index (χ3n) is 7.86. The van der Waals surface area contributed by atoms with E-state index in [-0.39, 0.29) is 23.4 Å². The molecule has 218 valence electrons. The summed E-state index contributed by atoms with van der Waals surface area (Å²) in [7, 11) is -4.08. The van der Waals surface area contributed by atoms with Gasteiger partial charge in [0.1, 0.15) is 12.6 Å². The number of hydrogen-bond acceptors (Lipinski definition) is 4. The second-order valence-corrected chi connectivity index (χ2v) is 13.0. The Bertz CT molecular complexity index is 1450. The number of carbonyl (C=O) groups excluding carboxylic acids is 2. The van der Waals surface area contributed by atoms with Crippen molar-refractivity contribution < 1.29 is 18.0 Å². The molecule has 7 nitrogen and oxygen atoms in total. The van der Waals surface area contributed by atoms with Crippen LogP contribution in [-0.2, 0) is 26.2 Å². The predicted molar refractivity (Wildman–Crippen MR) is 163 cm³/mol. The summed E-state index contributed by atoms with van der Waals surface area (Å²) in [6.45, 7) is 7.17. The second-order valence-electron chi connectivity index (χ2n) is 11.1. The number of para-hydroxylation sites is 1. The molecule has 0 heterocycles. The molecule has 1 aliphatic carbocycles. The molecule has 1 saturated carbocycles. The van der Waals surface area contributed by atoms with Crippen LogP contribution in [0.2, 0.25) is 0 Å². The summed E-state index contributed by atoms with van der Waals surface area (Å²) in [5.41, 5.74) is 4.04. The first-order chi connectivity index (χ1) is 19.6. The van der Waals surface area contributed by atoms with Crippen molar-refractivity contribution >= 4 is 27.5 Å². The van der Waals surface area contributed by atoms with Crippen molar-refractivity contribution in [2.24, 2.45) is 0 Å². The van der Waals surface area contributed by atoms with E-state index in [1.54, 1.807) is 43.3 Å². The lowest BCUT2D eigenvalue weighted by Gasteiger charge is -2.33. The number of hydrogen-bond donors (Lipinski definition) is 1. The molecule has 1 N–H and O–H groups in total. The summed E-state index contributed by atoms with van der Waals surface area (Å²) in [5.74, 6) is -0.669. The summed E-state index contributed by atoms with van der Waals surface area (Å²) in [4.78, 5) is 29.1. The van der Waals surface area contributed by atoms with Crippen LogP contribution in [0, 0.1) is 20.8 Å². The Kier molecular flexibility index (Phi) is 9.86. The van der Waals surface area contributed by atoms with Gasteiger partial charge in [-0.15, -0.1) is 0 Å². The molecule has 0 aliphatic heterocycles. The summed E-state index contributed by atoms with van der Waals surface area (Å²) in [6.07, 6.45) is 5.19. The zero-order chi connectivity index (χ0) is 29.6. The SMILES string of the molecule is Cc1ccc(CN(C(=O)CN(c2ccccc2C)S(=O)(=O)c2ccc(C)cc2)[C@@H](C)C(=O)NC2CCCCC2)cc1. The average molecular weight is 576 g/mol. The van der Waals surface area contributed by atoms with Crippen molar-refractivity contribution in [3.8, 4) is 0 Å². The van der Waals surface area contributed by atoms with Gasteiger partial charge in [0, 0.05) is 12.6 Å². The molecule has 3 aromatic carbocycles. The van der Waals surface area contributed by atoms with Gasteiger partial charge < -0.3 is 10.2 Å². The fraction of sp³-hybridized carbons (Fsp3) is 0.394. The number of amides is 2. The van der Waals surface area contributed by atoms with Crippen LogP contribution in [-0.4, -0.2) is 43.8 Å². The minimum absolute atomic E-state index is 0.0976. The molecule has 41 heavy (non-hydrogen) atoms. The number of sulfonamides is 1. The van der Waals surface area contributed by atoms with E-state index in [4.69, 9.17) is 0 Å². The van der Waals surface area contributed by atoms with Gasteiger partial charge in [0.2, 0.25) is 11.8 Å². The van der Waals surface area contributed by atoms with Crippen molar-refractivity contribution in [1.29, 1.82) is 0 Å². The van der Waals surface area contributed by atoms with Gasteiger partial charge in [0.15, 0.2) is 0 Å². The number of rotatable bonds is 10. The van der Waals surface area contributed by atoms with Crippen LogP contribution in [0.15, 0.2) is 77.7 Å². The minimum atomic E-state index is -4.08. The summed E-state index contributed by atoms with van der Waals surface area (Å²) < 4.78 is 29.2. The lowest BCUT2D eigenvalue weighted by Crippen LogP contribution is -2.53. The van der Waals surface area contributed by atoms with E-state index in [0.717, 1.165) is 47.9 Å². The van der Waals surface area contributed by atoms with Crippen LogP contribution < -0.4 is 9.62 Å². The molecule has 1 aliphatic rings. The van der Waals surface area contributed by atoms with Crippen LogP contribution in [0.25, 0.3) is 0 Å². The monoisotopic (exact) mass is 575 g/mol. The van der Waals surface area contributed by atoms with Gasteiger partial charge in [-0.1, -0.05) is 85.0 Å². The zero-order valence-corrected chi connectivity index (χ0v) is 25.3. The maximum Gasteiger partial charge on any atom is 0.264 e. The van der Waals surface area contributed by atoms with Gasteiger partial charge in [0.25, 0.3) is 10.0 Å². The van der Waals surface area contributed by atoms with E-state index in [9.17, 15) is 18.0 Å². The lowest BCUT2D eigenvalue weighted by molar-refractivity contribution is -0.139. The molecule has 0 spiro atoms. The molecule has 4 rings (SSSR count). The predicted octanol–water partition coefficient (Wildman–Crippen LogP) is 5.67. The van der Waals surface area contributed by atoms with Gasteiger partial charge >= 0.3 is 0 Å². The lowest BCUT2D eigenvalue weighted by atomic mass is 9.95. The minimum Gasteiger partial charge on any atom is -0.352 e. The highest BCUT2D eigenvalue weighted by Gasteiger charge is 2.33. The summed E-state index contributed by atoms with van der Waals surface area (Å²) >= 11 is 0. The van der Waals surface area contributed by atoms with Crippen LogP contribution in [0.3, 0.4) is 0 Å². The molecule has 8 heteroatoms. The zero-order valence-electron chi connectivity index (χ0n) is 24.5. The number of benzene rings is 3. The Labute approximate surface area is 244 Å². The largest absolute Gasteiger partial charge is 0.352 e. The molecule has 1 atom stereocenters. The Morgan fingerprint density at radius 3 is 2.05 bits per heavy atom. The van der Waals surface area contributed by atoms with Crippen molar-refractivity contribution in [1.82, 2.24) is 10.2 Å². The summed E-state index contributed by atoms with van der Waals surface area (Å²) in [6, 6.07) is 20.8. The molecule has 0 bridgehead atoms. The molecule has 1 fully saturated rings. The van der Waals surface area contributed by atoms with Crippen LogP contribution in [0.1, 0.15) is 61.3 Å². The number of anilines is 1. The average Bonchev–Trinajstić information content (AvgIpc) is 2.96. The fourth-order valence-corrected chi connectivity index (χ4v) is 6.71. The molecular formula is C33H41N3O4S. The first-order valence-electron chi connectivity index (χ1n) is 14.4. The molecule has 0 unspecified atom stereocenters. The van der Waals surface area contributed by atoms with E-state index >= 15 is 0 Å². The van der Waals surface area contributed by atoms with E-state index < -0.39 is 28.5 Å². The highest BCUT2D eigenvalue weighted by molar-refractivity contribution is 7.92. The summed E-state index contributed by atoms with van der Waals surface area (Å²) in [5, 5.41) is 3.14. The van der Waals surface area contributed by atoms with Gasteiger partial charge in [-0.3, -0.25) is 13.9 Å². The van der Waals surface area contributed by atoms with Gasteiger partial charge in [-0.25, -0.2) is 8.42 Å². The molecule has 3 aromatic rings. The first-order valence-corrected chi connectivity index (χ1v) is 15.8. The quantitative estimate of drug-likeness (QED) is 0.337. The van der Waals surface area contributed by atoms with E-state index in [1.807, 2.05) is 57.2 Å². The molecular weight excluding hydrogens is 534 g/mol. The fourth-order valence-electron chi connectivity index (χ4n) is 5.24. The Hall–Kier alpha value is -3.65. The Morgan fingerprint density at radius 2 is 1.44 bits per heavy atom. The third-order valence-corrected chi connectivity index (χ3v) is 9.64. The molecule has 2 amide bonds. The number of carbonyl (C=O) groups is 2. The standard InChI is InChI=1S/C33H41N3O4S/c1-24-14-18-28(19-15-24)22-35(27(4)33(38)34-29-11-6-5-7-12-29)32(37)23-36(31-13-9-8-10-26(31)3)41(39,40)30-20-16-25(2)17-21-30/h8-10,13-21,27,29H,5-7,11-12,22-23H2,1-4H3,(H,34,38)/t27-/m0/s1. The third kappa shape index (κ3) is 7.55. The van der Waals surface area contributed by atoms with Crippen molar-refractivity contribution in [3.63, 3.8) is 0 Å². The van der Waals surface area contributed by atoms with Crippen molar-refractivity contribution in [2.75, 3.05) is 10.8 Å². The number of nitrogens with one attached hydrogen (secondary N) is 1. The van der Waals surface area contributed by atoms with Crippen LogP contribution in [0.5, 0.6) is 0 Å². The van der Waals surface area contributed by atoms with Gasteiger partial charge in [0.05, 0.1) is 10.6 Å². The second kappa shape index (κ2) is 13.3.